The summed E-state index contributed by atoms with van der Waals surface area (Å²) in [6, 6.07) is 9.03. The van der Waals surface area contributed by atoms with Crippen molar-refractivity contribution in [2.75, 3.05) is 19.6 Å². The van der Waals surface area contributed by atoms with Crippen LogP contribution in [0.25, 0.3) is 0 Å². The molecule has 2 heteroatoms. The summed E-state index contributed by atoms with van der Waals surface area (Å²) >= 11 is 0. The molecule has 1 aromatic rings. The van der Waals surface area contributed by atoms with E-state index in [1.165, 1.54) is 56.3 Å². The number of nitrogens with two attached hydrogens (primary N) is 1. The van der Waals surface area contributed by atoms with Crippen LogP contribution in [-0.4, -0.2) is 24.5 Å². The lowest BCUT2D eigenvalue weighted by Crippen LogP contribution is -2.24. The van der Waals surface area contributed by atoms with Gasteiger partial charge >= 0.3 is 0 Å². The standard InChI is InChI=1S/C18H30N2/c1-2-4-16-5-3-13-20(14-11-16)15-18-8-6-17(7-9-18)10-12-19/h6-9,16H,2-5,10-15,19H2,1H3. The third kappa shape index (κ3) is 4.92. The van der Waals surface area contributed by atoms with Crippen molar-refractivity contribution < 1.29 is 0 Å². The molecule has 2 nitrogen and oxygen atoms in total. The van der Waals surface area contributed by atoms with Gasteiger partial charge in [0.05, 0.1) is 0 Å². The third-order valence-corrected chi connectivity index (χ3v) is 4.50. The van der Waals surface area contributed by atoms with Crippen molar-refractivity contribution in [3.05, 3.63) is 35.4 Å². The molecule has 0 amide bonds. The Balaban J connectivity index is 1.83. The second-order valence-corrected chi connectivity index (χ2v) is 6.22. The Hall–Kier alpha value is -0.860. The fraction of sp³-hybridized carbons (Fsp3) is 0.667. The van der Waals surface area contributed by atoms with Gasteiger partial charge in [-0.2, -0.15) is 0 Å². The monoisotopic (exact) mass is 274 g/mol. The molecule has 112 valence electrons. The Kier molecular flexibility index (Phi) is 6.55. The van der Waals surface area contributed by atoms with Gasteiger partial charge in [0.15, 0.2) is 0 Å². The highest BCUT2D eigenvalue weighted by Crippen LogP contribution is 2.22. The molecule has 1 aliphatic heterocycles. The summed E-state index contributed by atoms with van der Waals surface area (Å²) in [6.45, 7) is 6.71. The van der Waals surface area contributed by atoms with Gasteiger partial charge in [-0.1, -0.05) is 44.0 Å². The Labute approximate surface area is 124 Å². The maximum atomic E-state index is 5.59. The maximum Gasteiger partial charge on any atom is 0.0233 e. The highest BCUT2D eigenvalue weighted by Gasteiger charge is 2.16. The van der Waals surface area contributed by atoms with Crippen molar-refractivity contribution >= 4 is 0 Å². The van der Waals surface area contributed by atoms with Crippen LogP contribution in [0, 0.1) is 5.92 Å². The van der Waals surface area contributed by atoms with Crippen LogP contribution in [0.5, 0.6) is 0 Å². The van der Waals surface area contributed by atoms with Crippen LogP contribution >= 0.6 is 0 Å². The minimum absolute atomic E-state index is 0.740. The van der Waals surface area contributed by atoms with Crippen molar-refractivity contribution in [2.24, 2.45) is 11.7 Å². The topological polar surface area (TPSA) is 29.3 Å². The summed E-state index contributed by atoms with van der Waals surface area (Å²) in [5.41, 5.74) is 8.40. The molecule has 0 spiro atoms. The quantitative estimate of drug-likeness (QED) is 0.859. The molecular formula is C18H30N2. The van der Waals surface area contributed by atoms with Crippen molar-refractivity contribution in [3.63, 3.8) is 0 Å². The summed E-state index contributed by atoms with van der Waals surface area (Å²) in [7, 11) is 0. The van der Waals surface area contributed by atoms with Crippen LogP contribution in [0.2, 0.25) is 0 Å². The van der Waals surface area contributed by atoms with Crippen LogP contribution in [0.1, 0.15) is 50.2 Å². The first-order valence-corrected chi connectivity index (χ1v) is 8.32. The molecule has 20 heavy (non-hydrogen) atoms. The second kappa shape index (κ2) is 8.43. The van der Waals surface area contributed by atoms with Gasteiger partial charge in [0.2, 0.25) is 0 Å². The maximum absolute atomic E-state index is 5.59. The Bertz CT molecular complexity index is 372. The van der Waals surface area contributed by atoms with E-state index in [4.69, 9.17) is 5.73 Å². The molecule has 2 rings (SSSR count). The van der Waals surface area contributed by atoms with Crippen LogP contribution in [0.4, 0.5) is 0 Å². The molecule has 0 radical (unpaired) electrons. The van der Waals surface area contributed by atoms with Gasteiger partial charge in [0.25, 0.3) is 0 Å². The largest absolute Gasteiger partial charge is 0.330 e. The van der Waals surface area contributed by atoms with Gasteiger partial charge in [-0.3, -0.25) is 4.90 Å². The zero-order valence-corrected chi connectivity index (χ0v) is 13.0. The van der Waals surface area contributed by atoms with E-state index in [0.29, 0.717) is 0 Å². The fourth-order valence-electron chi connectivity index (χ4n) is 3.32. The molecule has 2 N–H and O–H groups in total. The lowest BCUT2D eigenvalue weighted by molar-refractivity contribution is 0.271. The van der Waals surface area contributed by atoms with E-state index in [-0.39, 0.29) is 0 Å². The second-order valence-electron chi connectivity index (χ2n) is 6.22. The van der Waals surface area contributed by atoms with Crippen molar-refractivity contribution in [1.82, 2.24) is 4.90 Å². The lowest BCUT2D eigenvalue weighted by atomic mass is 9.96. The van der Waals surface area contributed by atoms with E-state index in [0.717, 1.165) is 25.4 Å². The molecule has 1 fully saturated rings. The number of benzene rings is 1. The molecule has 1 aromatic carbocycles. The number of rotatable bonds is 6. The third-order valence-electron chi connectivity index (χ3n) is 4.50. The van der Waals surface area contributed by atoms with Gasteiger partial charge in [0.1, 0.15) is 0 Å². The zero-order valence-electron chi connectivity index (χ0n) is 13.0. The predicted molar refractivity (Wildman–Crippen MR) is 86.7 cm³/mol. The van der Waals surface area contributed by atoms with Gasteiger partial charge in [-0.05, 0) is 62.4 Å². The van der Waals surface area contributed by atoms with Crippen LogP contribution in [-0.2, 0) is 13.0 Å². The van der Waals surface area contributed by atoms with Gasteiger partial charge in [0, 0.05) is 6.54 Å². The number of nitrogens with zero attached hydrogens (tertiary/aromatic N) is 1. The smallest absolute Gasteiger partial charge is 0.0233 e. The molecule has 1 unspecified atom stereocenters. The lowest BCUT2D eigenvalue weighted by Gasteiger charge is -2.20. The minimum atomic E-state index is 0.740. The summed E-state index contributed by atoms with van der Waals surface area (Å²) < 4.78 is 0. The van der Waals surface area contributed by atoms with Crippen molar-refractivity contribution in [3.8, 4) is 0 Å². The number of hydrogen-bond donors (Lipinski definition) is 1. The average molecular weight is 274 g/mol. The zero-order chi connectivity index (χ0) is 14.2. The van der Waals surface area contributed by atoms with E-state index >= 15 is 0 Å². The highest BCUT2D eigenvalue weighted by atomic mass is 15.1. The Morgan fingerprint density at radius 2 is 1.85 bits per heavy atom. The molecule has 1 heterocycles. The molecule has 0 saturated carbocycles. The SMILES string of the molecule is CCCC1CCCN(Cc2ccc(CCN)cc2)CC1. The molecule has 1 atom stereocenters. The van der Waals surface area contributed by atoms with E-state index in [9.17, 15) is 0 Å². The molecule has 1 aliphatic rings. The van der Waals surface area contributed by atoms with E-state index in [1.807, 2.05) is 0 Å². The summed E-state index contributed by atoms with van der Waals surface area (Å²) in [4.78, 5) is 2.63. The summed E-state index contributed by atoms with van der Waals surface area (Å²) in [5.74, 6) is 0.969. The fourth-order valence-corrected chi connectivity index (χ4v) is 3.32. The van der Waals surface area contributed by atoms with Gasteiger partial charge < -0.3 is 5.73 Å². The van der Waals surface area contributed by atoms with Gasteiger partial charge in [-0.25, -0.2) is 0 Å². The number of hydrogen-bond acceptors (Lipinski definition) is 2. The Morgan fingerprint density at radius 1 is 1.10 bits per heavy atom. The normalized spacial score (nSPS) is 20.8. The van der Waals surface area contributed by atoms with Crippen LogP contribution in [0.3, 0.4) is 0 Å². The number of likely N-dealkylation sites (tertiary alicyclic amines) is 1. The Morgan fingerprint density at radius 3 is 2.55 bits per heavy atom. The van der Waals surface area contributed by atoms with Crippen molar-refractivity contribution in [2.45, 2.75) is 52.0 Å². The minimum Gasteiger partial charge on any atom is -0.330 e. The van der Waals surface area contributed by atoms with E-state index in [2.05, 4.69) is 36.1 Å². The molecular weight excluding hydrogens is 244 g/mol. The van der Waals surface area contributed by atoms with Crippen molar-refractivity contribution in [1.29, 1.82) is 0 Å². The van der Waals surface area contributed by atoms with Crippen LogP contribution in [0.15, 0.2) is 24.3 Å². The first-order chi connectivity index (χ1) is 9.81. The molecule has 0 aromatic heterocycles. The summed E-state index contributed by atoms with van der Waals surface area (Å²) in [6.07, 6.45) is 7.94. The van der Waals surface area contributed by atoms with Crippen LogP contribution < -0.4 is 5.73 Å². The first kappa shape index (κ1) is 15.5. The van der Waals surface area contributed by atoms with Gasteiger partial charge in [-0.15, -0.1) is 0 Å². The predicted octanol–water partition coefficient (Wildman–Crippen LogP) is 3.59. The van der Waals surface area contributed by atoms with E-state index < -0.39 is 0 Å². The average Bonchev–Trinajstić information content (AvgIpc) is 2.68. The first-order valence-electron chi connectivity index (χ1n) is 8.32. The molecule has 0 bridgehead atoms. The molecule has 1 saturated heterocycles. The van der Waals surface area contributed by atoms with E-state index in [1.54, 1.807) is 0 Å². The highest BCUT2D eigenvalue weighted by molar-refractivity contribution is 5.22. The molecule has 0 aliphatic carbocycles. The summed E-state index contributed by atoms with van der Waals surface area (Å²) in [5, 5.41) is 0.